The van der Waals surface area contributed by atoms with Gasteiger partial charge in [0.25, 0.3) is 0 Å². The summed E-state index contributed by atoms with van der Waals surface area (Å²) in [6.45, 7) is 7.21. The van der Waals surface area contributed by atoms with Gasteiger partial charge in [0.2, 0.25) is 0 Å². The lowest BCUT2D eigenvalue weighted by Crippen LogP contribution is -2.54. The highest BCUT2D eigenvalue weighted by Crippen LogP contribution is 2.67. The lowest BCUT2D eigenvalue weighted by molar-refractivity contribution is -0.122. The molecular formula is C38H46N4O3. The van der Waals surface area contributed by atoms with Crippen LogP contribution in [0.3, 0.4) is 0 Å². The number of guanidine groups is 1. The van der Waals surface area contributed by atoms with E-state index in [-0.39, 0.29) is 36.1 Å². The molecule has 1 aromatic heterocycles. The van der Waals surface area contributed by atoms with Crippen molar-refractivity contribution in [3.63, 3.8) is 0 Å². The second-order valence-electron chi connectivity index (χ2n) is 14.4. The maximum absolute atomic E-state index is 12.6. The smallest absolute Gasteiger partial charge is 0.189 e. The summed E-state index contributed by atoms with van der Waals surface area (Å²) in [6.07, 6.45) is 4.17. The molecule has 0 amide bonds. The molecule has 8 rings (SSSR count). The van der Waals surface area contributed by atoms with Crippen molar-refractivity contribution in [2.24, 2.45) is 39.8 Å². The van der Waals surface area contributed by atoms with Crippen molar-refractivity contribution in [3.8, 4) is 11.8 Å². The quantitative estimate of drug-likeness (QED) is 0.102. The first-order chi connectivity index (χ1) is 21.6. The van der Waals surface area contributed by atoms with E-state index in [1.807, 2.05) is 37.3 Å². The molecule has 7 nitrogen and oxygen atoms in total. The minimum absolute atomic E-state index is 0.0386. The van der Waals surface area contributed by atoms with Gasteiger partial charge in [0.15, 0.2) is 5.96 Å². The zero-order chi connectivity index (χ0) is 31.4. The molecule has 4 saturated carbocycles. The fraction of sp³-hybridized carbons (Fsp3) is 0.500. The van der Waals surface area contributed by atoms with E-state index in [0.29, 0.717) is 25.8 Å². The molecule has 5 aliphatic rings. The van der Waals surface area contributed by atoms with Crippen LogP contribution in [-0.4, -0.2) is 56.2 Å². The first-order valence-electron chi connectivity index (χ1n) is 16.6. The molecule has 0 spiro atoms. The highest BCUT2D eigenvalue weighted by atomic mass is 16.3. The lowest BCUT2D eigenvalue weighted by Gasteiger charge is -2.51. The van der Waals surface area contributed by atoms with Crippen LogP contribution in [0, 0.1) is 40.9 Å². The van der Waals surface area contributed by atoms with Gasteiger partial charge in [-0.15, -0.1) is 5.92 Å². The second-order valence-corrected chi connectivity index (χ2v) is 14.4. The summed E-state index contributed by atoms with van der Waals surface area (Å²) in [7, 11) is 0. The van der Waals surface area contributed by atoms with Crippen LogP contribution < -0.4 is 11.1 Å². The van der Waals surface area contributed by atoms with Crippen molar-refractivity contribution in [1.29, 1.82) is 0 Å². The van der Waals surface area contributed by atoms with Gasteiger partial charge < -0.3 is 31.4 Å². The van der Waals surface area contributed by atoms with Crippen molar-refractivity contribution in [2.75, 3.05) is 6.54 Å². The minimum Gasteiger partial charge on any atom is -0.390 e. The van der Waals surface area contributed by atoms with E-state index in [9.17, 15) is 15.3 Å². The van der Waals surface area contributed by atoms with Gasteiger partial charge in [0, 0.05) is 42.4 Å². The van der Waals surface area contributed by atoms with Crippen LogP contribution in [0.1, 0.15) is 56.7 Å². The number of nitrogens with one attached hydrogen (secondary N) is 2. The number of hydrogen-bond acceptors (Lipinski definition) is 4. The van der Waals surface area contributed by atoms with Gasteiger partial charge in [-0.2, -0.15) is 0 Å². The van der Waals surface area contributed by atoms with Crippen LogP contribution in [-0.2, 0) is 12.8 Å². The number of hydrogen-bond donors (Lipinski definition) is 6. The minimum atomic E-state index is -1.44. The Labute approximate surface area is 266 Å². The van der Waals surface area contributed by atoms with Gasteiger partial charge >= 0.3 is 0 Å². The molecule has 4 bridgehead atoms. The fourth-order valence-electron chi connectivity index (χ4n) is 9.68. The number of fused-ring (bicyclic) bond motifs is 2. The molecular weight excluding hydrogens is 560 g/mol. The average molecular weight is 607 g/mol. The third-order valence-electron chi connectivity index (χ3n) is 12.0. The van der Waals surface area contributed by atoms with Gasteiger partial charge in [-0.05, 0) is 85.8 Å². The van der Waals surface area contributed by atoms with Crippen LogP contribution >= 0.6 is 0 Å². The summed E-state index contributed by atoms with van der Waals surface area (Å²) in [5.74, 6) is 6.74. The predicted molar refractivity (Wildman–Crippen MR) is 178 cm³/mol. The molecule has 236 valence electrons. The van der Waals surface area contributed by atoms with Gasteiger partial charge in [-0.25, -0.2) is 0 Å². The van der Waals surface area contributed by atoms with E-state index in [2.05, 4.69) is 57.5 Å². The lowest BCUT2D eigenvalue weighted by atomic mass is 9.54. The Bertz CT molecular complexity index is 1630. The number of nitrogens with zero attached hydrogens (tertiary/aromatic N) is 1. The third kappa shape index (κ3) is 5.17. The Hall–Kier alpha value is -3.57. The third-order valence-corrected chi connectivity index (χ3v) is 12.0. The molecule has 1 heterocycles. The maximum Gasteiger partial charge on any atom is 0.189 e. The zero-order valence-electron chi connectivity index (χ0n) is 26.2. The molecule has 0 radical (unpaired) electrons. The number of para-hydroxylation sites is 1. The number of aromatic amines is 1. The van der Waals surface area contributed by atoms with Crippen molar-refractivity contribution in [2.45, 2.75) is 81.6 Å². The van der Waals surface area contributed by atoms with Crippen LogP contribution in [0.15, 0.2) is 77.8 Å². The second kappa shape index (κ2) is 11.3. The Kier molecular flexibility index (Phi) is 7.59. The number of nitrogens with two attached hydrogens (primary N) is 1. The fourth-order valence-corrected chi connectivity index (χ4v) is 9.68. The number of H-pyrrole nitrogens is 1. The van der Waals surface area contributed by atoms with Crippen molar-refractivity contribution >= 4 is 16.9 Å². The van der Waals surface area contributed by atoms with Gasteiger partial charge in [0.05, 0.1) is 23.3 Å². The molecule has 7 heteroatoms. The first-order valence-corrected chi connectivity index (χ1v) is 16.6. The molecule has 3 aromatic rings. The number of rotatable bonds is 7. The number of aliphatic hydroxyl groups excluding tert-OH is 1. The van der Waals surface area contributed by atoms with Gasteiger partial charge in [-0.3, -0.25) is 4.99 Å². The Morgan fingerprint density at radius 2 is 1.87 bits per heavy atom. The Morgan fingerprint density at radius 3 is 2.67 bits per heavy atom. The summed E-state index contributed by atoms with van der Waals surface area (Å²) < 4.78 is 0. The molecule has 7 N–H and O–H groups in total. The molecule has 2 aromatic carbocycles. The molecule has 0 unspecified atom stereocenters. The number of aliphatic imine (C=N–C) groups is 1. The van der Waals surface area contributed by atoms with E-state index in [1.165, 1.54) is 10.9 Å². The first kappa shape index (κ1) is 30.1. The predicted octanol–water partition coefficient (Wildman–Crippen LogP) is 4.47. The van der Waals surface area contributed by atoms with Crippen molar-refractivity contribution in [1.82, 2.24) is 10.3 Å². The normalized spacial score (nSPS) is 37.2. The highest BCUT2D eigenvalue weighted by Gasteiger charge is 2.69. The number of allylic oxidation sites excluding steroid dienone is 1. The maximum atomic E-state index is 12.6. The van der Waals surface area contributed by atoms with E-state index in [4.69, 9.17) is 12.3 Å². The summed E-state index contributed by atoms with van der Waals surface area (Å²) in [6, 6.07) is 20.1. The largest absolute Gasteiger partial charge is 0.390 e. The molecule has 0 aliphatic heterocycles. The number of aliphatic hydroxyl groups is 3. The standard InChI is InChI=1S/C38H46N4O3/c1-24(19-29-20-26-11-6-7-13-32(26)41-29)37-17-8-12-28(42-35(39)40-18-16-25-9-4-3-5-10-25)23-38(45)33(43)21-31-34(38)30(37)15-14-27(22-37)36(31,2)44/h3-7,9-11,13,20,27-28,30-31,33-34,41,43-45H,1,14-19,21-23H2,2H3,(H3,39,40,42)/t27-,28+,30-,31+,33+,34+,36-,37-,38+/m1/s1. The van der Waals surface area contributed by atoms with Gasteiger partial charge in [-0.1, -0.05) is 66.6 Å². The molecule has 9 atom stereocenters. The van der Waals surface area contributed by atoms with Gasteiger partial charge in [0.1, 0.15) is 0 Å². The molecule has 45 heavy (non-hydrogen) atoms. The summed E-state index contributed by atoms with van der Waals surface area (Å²) in [5, 5.41) is 40.9. The van der Waals surface area contributed by atoms with Crippen LogP contribution in [0.2, 0.25) is 0 Å². The monoisotopic (exact) mass is 606 g/mol. The van der Waals surface area contributed by atoms with Crippen LogP contribution in [0.4, 0.5) is 0 Å². The van der Waals surface area contributed by atoms with E-state index in [1.54, 1.807) is 0 Å². The van der Waals surface area contributed by atoms with Crippen LogP contribution in [0.5, 0.6) is 0 Å². The van der Waals surface area contributed by atoms with Crippen LogP contribution in [0.25, 0.3) is 10.9 Å². The topological polar surface area (TPSA) is 127 Å². The number of benzene rings is 2. The molecule has 0 saturated heterocycles. The van der Waals surface area contributed by atoms with E-state index >= 15 is 0 Å². The summed E-state index contributed by atoms with van der Waals surface area (Å²) in [4.78, 5) is 8.14. The van der Waals surface area contributed by atoms with E-state index in [0.717, 1.165) is 42.5 Å². The zero-order valence-corrected chi connectivity index (χ0v) is 26.2. The van der Waals surface area contributed by atoms with Crippen molar-refractivity contribution in [3.05, 3.63) is 84.1 Å². The summed E-state index contributed by atoms with van der Waals surface area (Å²) >= 11 is 0. The number of aromatic nitrogens is 1. The average Bonchev–Trinajstić information content (AvgIpc) is 3.50. The SMILES string of the molecule is C=C(Cc1cc2ccccc2[nH]1)[C@]12CC#C[C@H](NC(N)=NCCc3ccccc3)C[C@@]3(O)[C@H]4[C@H]1CC[C@H](C2)[C@@](C)(O)[C@H]4C[C@@H]3O. The summed E-state index contributed by atoms with van der Waals surface area (Å²) in [5.41, 5.74) is 8.00. The Morgan fingerprint density at radius 1 is 1.09 bits per heavy atom. The highest BCUT2D eigenvalue weighted by molar-refractivity contribution is 5.80. The Balaban J connectivity index is 1.23. The molecule has 5 aliphatic carbocycles. The van der Waals surface area contributed by atoms with E-state index < -0.39 is 28.8 Å². The van der Waals surface area contributed by atoms with Crippen molar-refractivity contribution < 1.29 is 15.3 Å². The molecule has 4 fully saturated rings.